The van der Waals surface area contributed by atoms with E-state index in [9.17, 15) is 39.0 Å². The Labute approximate surface area is 332 Å². The number of rotatable bonds is 23. The molecule has 4 rings (SSSR count). The normalized spacial score (nSPS) is 26.7. The summed E-state index contributed by atoms with van der Waals surface area (Å²) in [6, 6.07) is 0.133. The minimum absolute atomic E-state index is 0.0454. The number of aliphatic hydroxyl groups excluding tert-OH is 2. The molecular formula is C39H61N5O13. The van der Waals surface area contributed by atoms with Crippen LogP contribution in [0, 0.1) is 0 Å². The molecule has 18 heteroatoms. The lowest BCUT2D eigenvalue weighted by Crippen LogP contribution is -2.55. The molecule has 2 fully saturated rings. The van der Waals surface area contributed by atoms with Gasteiger partial charge in [0.05, 0.1) is 0 Å². The Morgan fingerprint density at radius 3 is 2.23 bits per heavy atom. The van der Waals surface area contributed by atoms with Gasteiger partial charge in [-0.2, -0.15) is 0 Å². The van der Waals surface area contributed by atoms with Crippen molar-refractivity contribution in [2.24, 2.45) is 5.73 Å². The molecule has 0 spiro atoms. The fourth-order valence-electron chi connectivity index (χ4n) is 7.28. The van der Waals surface area contributed by atoms with Crippen LogP contribution in [0.15, 0.2) is 33.7 Å². The summed E-state index contributed by atoms with van der Waals surface area (Å²) in [6.07, 6.45) is 5.73. The Hall–Kier alpha value is -4.10. The van der Waals surface area contributed by atoms with E-state index in [1.807, 2.05) is 4.98 Å². The SMILES string of the molecule is CCCCCCCCCCCCCCCC(=O)OC1C=C(C(=O)NC2CCCCNC2=O)OC(OC(C(N)=O)C2OC(n3ccc(=O)[nH]c3=O)C(O)C2OC)C1O. The van der Waals surface area contributed by atoms with E-state index in [1.165, 1.54) is 58.5 Å². The summed E-state index contributed by atoms with van der Waals surface area (Å²) in [6.45, 7) is 2.67. The van der Waals surface area contributed by atoms with Gasteiger partial charge in [-0.25, -0.2) is 4.79 Å². The van der Waals surface area contributed by atoms with Gasteiger partial charge in [-0.1, -0.05) is 84.0 Å². The maximum atomic E-state index is 13.5. The molecule has 320 valence electrons. The number of aromatic amines is 1. The molecule has 57 heavy (non-hydrogen) atoms. The molecule has 7 N–H and O–H groups in total. The van der Waals surface area contributed by atoms with Crippen molar-refractivity contribution in [2.45, 2.75) is 171 Å². The number of aliphatic hydroxyl groups is 2. The molecule has 4 heterocycles. The fourth-order valence-corrected chi connectivity index (χ4v) is 7.28. The monoisotopic (exact) mass is 807 g/mol. The zero-order valence-corrected chi connectivity index (χ0v) is 33.1. The second-order valence-corrected chi connectivity index (χ2v) is 14.9. The van der Waals surface area contributed by atoms with Gasteiger partial charge >= 0.3 is 11.7 Å². The highest BCUT2D eigenvalue weighted by molar-refractivity contribution is 5.95. The van der Waals surface area contributed by atoms with Crippen LogP contribution in [0.1, 0.15) is 122 Å². The van der Waals surface area contributed by atoms with Crippen molar-refractivity contribution < 1.29 is 53.1 Å². The third kappa shape index (κ3) is 13.5. The number of unbranched alkanes of at least 4 members (excludes halogenated alkanes) is 12. The zero-order chi connectivity index (χ0) is 41.3. The lowest BCUT2D eigenvalue weighted by Gasteiger charge is -2.36. The average molecular weight is 808 g/mol. The Morgan fingerprint density at radius 1 is 0.965 bits per heavy atom. The average Bonchev–Trinajstić information content (AvgIpc) is 3.36. The van der Waals surface area contributed by atoms with E-state index in [4.69, 9.17) is 29.4 Å². The van der Waals surface area contributed by atoms with E-state index < -0.39 is 95.9 Å². The highest BCUT2D eigenvalue weighted by atomic mass is 16.7. The molecule has 0 saturated carbocycles. The molecule has 9 unspecified atom stereocenters. The fraction of sp³-hybridized carbons (Fsp3) is 0.744. The van der Waals surface area contributed by atoms with Crippen LogP contribution in [0.3, 0.4) is 0 Å². The topological polar surface area (TPSA) is 260 Å². The Morgan fingerprint density at radius 2 is 1.61 bits per heavy atom. The van der Waals surface area contributed by atoms with Gasteiger partial charge in [-0.15, -0.1) is 0 Å². The lowest BCUT2D eigenvalue weighted by atomic mass is 10.0. The van der Waals surface area contributed by atoms with E-state index in [1.54, 1.807) is 0 Å². The largest absolute Gasteiger partial charge is 0.456 e. The maximum absolute atomic E-state index is 13.5. The van der Waals surface area contributed by atoms with Crippen molar-refractivity contribution in [3.63, 3.8) is 0 Å². The minimum Gasteiger partial charge on any atom is -0.456 e. The number of nitrogens with one attached hydrogen (secondary N) is 3. The van der Waals surface area contributed by atoms with E-state index in [2.05, 4.69) is 17.6 Å². The summed E-state index contributed by atoms with van der Waals surface area (Å²) in [5.74, 6) is -3.53. The van der Waals surface area contributed by atoms with Crippen LogP contribution >= 0.6 is 0 Å². The number of nitrogens with two attached hydrogens (primary N) is 1. The van der Waals surface area contributed by atoms with Crippen molar-refractivity contribution in [3.8, 4) is 0 Å². The van der Waals surface area contributed by atoms with Crippen LogP contribution in [0.5, 0.6) is 0 Å². The molecule has 9 atom stereocenters. The predicted molar refractivity (Wildman–Crippen MR) is 204 cm³/mol. The predicted octanol–water partition coefficient (Wildman–Crippen LogP) is 1.46. The highest BCUT2D eigenvalue weighted by Gasteiger charge is 2.53. The summed E-state index contributed by atoms with van der Waals surface area (Å²) < 4.78 is 29.4. The first kappa shape index (κ1) is 45.6. The third-order valence-electron chi connectivity index (χ3n) is 10.5. The Bertz CT molecular complexity index is 1610. The molecule has 0 aliphatic carbocycles. The number of carbonyl (C=O) groups excluding carboxylic acids is 4. The summed E-state index contributed by atoms with van der Waals surface area (Å²) in [7, 11) is 1.20. The Kier molecular flexibility index (Phi) is 18.7. The van der Waals surface area contributed by atoms with Crippen molar-refractivity contribution in [3.05, 3.63) is 44.9 Å². The smallest absolute Gasteiger partial charge is 0.330 e. The molecule has 3 aliphatic heterocycles. The number of methoxy groups -OCH3 is 1. The zero-order valence-electron chi connectivity index (χ0n) is 33.1. The quantitative estimate of drug-likeness (QED) is 0.0677. The summed E-state index contributed by atoms with van der Waals surface area (Å²) in [5, 5.41) is 27.8. The van der Waals surface area contributed by atoms with E-state index in [0.29, 0.717) is 25.8 Å². The molecule has 1 aromatic rings. The molecule has 3 amide bonds. The number of hydrogen-bond donors (Lipinski definition) is 6. The molecule has 3 aliphatic rings. The number of primary amides is 1. The van der Waals surface area contributed by atoms with Gasteiger partial charge in [0.25, 0.3) is 11.5 Å². The Balaban J connectivity index is 1.41. The van der Waals surface area contributed by atoms with Gasteiger partial charge < -0.3 is 50.3 Å². The summed E-state index contributed by atoms with van der Waals surface area (Å²) in [4.78, 5) is 78.2. The van der Waals surface area contributed by atoms with Crippen LogP contribution < -0.4 is 27.6 Å². The van der Waals surface area contributed by atoms with Gasteiger partial charge in [-0.05, 0) is 25.7 Å². The first-order valence-electron chi connectivity index (χ1n) is 20.4. The van der Waals surface area contributed by atoms with Gasteiger partial charge in [-0.3, -0.25) is 33.5 Å². The van der Waals surface area contributed by atoms with Crippen LogP contribution in [0.25, 0.3) is 0 Å². The highest BCUT2D eigenvalue weighted by Crippen LogP contribution is 2.34. The minimum atomic E-state index is -1.88. The van der Waals surface area contributed by atoms with E-state index in [0.717, 1.165) is 55.0 Å². The molecular weight excluding hydrogens is 746 g/mol. The van der Waals surface area contributed by atoms with E-state index >= 15 is 0 Å². The molecule has 1 aromatic heterocycles. The van der Waals surface area contributed by atoms with Crippen molar-refractivity contribution in [1.29, 1.82) is 0 Å². The van der Waals surface area contributed by atoms with Crippen molar-refractivity contribution in [2.75, 3.05) is 13.7 Å². The second-order valence-electron chi connectivity index (χ2n) is 14.9. The third-order valence-corrected chi connectivity index (χ3v) is 10.5. The maximum Gasteiger partial charge on any atom is 0.330 e. The number of esters is 1. The number of hydrogen-bond acceptors (Lipinski definition) is 13. The van der Waals surface area contributed by atoms with Crippen molar-refractivity contribution in [1.82, 2.24) is 20.2 Å². The molecule has 18 nitrogen and oxygen atoms in total. The second kappa shape index (κ2) is 23.3. The summed E-state index contributed by atoms with van der Waals surface area (Å²) >= 11 is 0. The van der Waals surface area contributed by atoms with Gasteiger partial charge in [0, 0.05) is 38.4 Å². The number of aromatic nitrogens is 2. The van der Waals surface area contributed by atoms with E-state index in [-0.39, 0.29) is 6.42 Å². The first-order chi connectivity index (χ1) is 27.4. The lowest BCUT2D eigenvalue weighted by molar-refractivity contribution is -0.244. The number of nitrogens with zero attached hydrogens (tertiary/aromatic N) is 1. The molecule has 0 aromatic carbocycles. The molecule has 0 radical (unpaired) electrons. The standard InChI is InChI=1S/C39H61N5O13/c1-3-4-5-6-7-8-9-10-11-12-13-14-15-19-28(46)54-25-23-26(36(51)42-24-18-16-17-21-41-35(24)50)55-38(29(25)47)57-33(34(40)49)32-31(53-2)30(48)37(56-32)44-22-20-27(45)43-39(44)52/h20,22-25,29-33,37-38,47-48H,3-19,21H2,1-2H3,(H2,40,49)(H,41,50)(H,42,51)(H,43,45,52). The van der Waals surface area contributed by atoms with Gasteiger partial charge in [0.1, 0.15) is 24.4 Å². The number of amides is 3. The summed E-state index contributed by atoms with van der Waals surface area (Å²) in [5.41, 5.74) is 4.10. The number of H-pyrrole nitrogens is 1. The van der Waals surface area contributed by atoms with Crippen molar-refractivity contribution >= 4 is 23.7 Å². The molecule has 2 saturated heterocycles. The first-order valence-corrected chi connectivity index (χ1v) is 20.4. The van der Waals surface area contributed by atoms with Crippen LogP contribution in [-0.4, -0.2) is 106 Å². The molecule has 0 bridgehead atoms. The van der Waals surface area contributed by atoms with Crippen LogP contribution in [-0.2, 0) is 42.9 Å². The number of carbonyl (C=O) groups is 4. The van der Waals surface area contributed by atoms with Crippen LogP contribution in [0.2, 0.25) is 0 Å². The van der Waals surface area contributed by atoms with Gasteiger partial charge in [0.2, 0.25) is 18.1 Å². The van der Waals surface area contributed by atoms with Gasteiger partial charge in [0.15, 0.2) is 30.3 Å². The number of ether oxygens (including phenoxy) is 5. The van der Waals surface area contributed by atoms with Crippen LogP contribution in [0.4, 0.5) is 0 Å².